The molecule has 2 aromatic carbocycles. The van der Waals surface area contributed by atoms with Gasteiger partial charge in [-0.3, -0.25) is 0 Å². The van der Waals surface area contributed by atoms with Crippen LogP contribution in [0.5, 0.6) is 0 Å². The van der Waals surface area contributed by atoms with Crippen LogP contribution in [0.25, 0.3) is 0 Å². The second-order valence-corrected chi connectivity index (χ2v) is 10.6. The number of likely N-dealkylation sites (N-methyl/N-ethyl adjacent to an activating group) is 1. The lowest BCUT2D eigenvalue weighted by atomic mass is 10.0. The molecule has 2 N–H and O–H groups in total. The molecule has 0 unspecified atom stereocenters. The molecule has 0 aliphatic heterocycles. The highest BCUT2D eigenvalue weighted by Gasteiger charge is 2.30. The van der Waals surface area contributed by atoms with Crippen molar-refractivity contribution >= 4 is 33.3 Å². The summed E-state index contributed by atoms with van der Waals surface area (Å²) in [5.41, 5.74) is 0.0194. The Balaban J connectivity index is 2.15. The predicted octanol–water partition coefficient (Wildman–Crippen LogP) is 3.67. The van der Waals surface area contributed by atoms with E-state index >= 15 is 0 Å². The molecule has 0 saturated carbocycles. The van der Waals surface area contributed by atoms with Gasteiger partial charge in [0.25, 0.3) is 0 Å². The van der Waals surface area contributed by atoms with E-state index in [0.717, 1.165) is 0 Å². The lowest BCUT2D eigenvalue weighted by Crippen LogP contribution is -2.49. The van der Waals surface area contributed by atoms with Crippen LogP contribution in [-0.4, -0.2) is 74.8 Å². The second-order valence-electron chi connectivity index (χ2n) is 8.09. The largest absolute Gasteiger partial charge is 0.394 e. The maximum absolute atomic E-state index is 14.0. The summed E-state index contributed by atoms with van der Waals surface area (Å²) in [4.78, 5) is 14.3. The molecule has 0 fully saturated rings. The van der Waals surface area contributed by atoms with Crippen molar-refractivity contribution in [1.82, 2.24) is 9.21 Å². The summed E-state index contributed by atoms with van der Waals surface area (Å²) in [5.74, 6) is -0.912. The fourth-order valence-corrected chi connectivity index (χ4v) is 4.87. The van der Waals surface area contributed by atoms with E-state index in [2.05, 4.69) is 5.32 Å². The van der Waals surface area contributed by atoms with E-state index in [1.165, 1.54) is 53.7 Å². The first-order valence-corrected chi connectivity index (χ1v) is 12.5. The van der Waals surface area contributed by atoms with Gasteiger partial charge >= 0.3 is 6.03 Å². The number of urea groups is 1. The van der Waals surface area contributed by atoms with Crippen LogP contribution in [-0.2, 0) is 14.8 Å². The summed E-state index contributed by atoms with van der Waals surface area (Å²) in [6, 6.07) is 10.6. The molecule has 0 spiro atoms. The van der Waals surface area contributed by atoms with Crippen LogP contribution < -0.4 is 5.32 Å². The number of anilines is 1. The fourth-order valence-electron chi connectivity index (χ4n) is 3.38. The number of sulfonamides is 1. The minimum Gasteiger partial charge on any atom is -0.394 e. The molecule has 2 amide bonds. The maximum atomic E-state index is 14.0. The van der Waals surface area contributed by atoms with Crippen molar-refractivity contribution in [2.45, 2.75) is 30.9 Å². The first-order chi connectivity index (χ1) is 16.0. The molecule has 2 aromatic rings. The number of halogens is 2. The van der Waals surface area contributed by atoms with Crippen LogP contribution >= 0.6 is 11.6 Å². The summed E-state index contributed by atoms with van der Waals surface area (Å²) in [5, 5.41) is 12.5. The van der Waals surface area contributed by atoms with E-state index < -0.39 is 34.0 Å². The Morgan fingerprint density at radius 2 is 1.85 bits per heavy atom. The normalized spacial score (nSPS) is 14.5. The average molecular weight is 516 g/mol. The molecule has 0 aromatic heterocycles. The van der Waals surface area contributed by atoms with Gasteiger partial charge in [0.15, 0.2) is 0 Å². The van der Waals surface area contributed by atoms with E-state index in [-0.39, 0.29) is 36.2 Å². The molecule has 0 heterocycles. The Labute approximate surface area is 205 Å². The minimum atomic E-state index is -3.82. The highest BCUT2D eigenvalue weighted by molar-refractivity contribution is 7.89. The van der Waals surface area contributed by atoms with Crippen LogP contribution in [0, 0.1) is 11.7 Å². The zero-order valence-electron chi connectivity index (χ0n) is 19.6. The van der Waals surface area contributed by atoms with E-state index in [9.17, 15) is 22.7 Å². The van der Waals surface area contributed by atoms with E-state index in [1.54, 1.807) is 25.1 Å². The maximum Gasteiger partial charge on any atom is 0.322 e. The van der Waals surface area contributed by atoms with Crippen molar-refractivity contribution in [3.05, 3.63) is 59.4 Å². The van der Waals surface area contributed by atoms with Crippen molar-refractivity contribution in [2.24, 2.45) is 5.92 Å². The monoisotopic (exact) mass is 515 g/mol. The number of ether oxygens (including phenoxy) is 1. The molecule has 0 aliphatic rings. The summed E-state index contributed by atoms with van der Waals surface area (Å²) in [6.45, 7) is 3.30. The van der Waals surface area contributed by atoms with Gasteiger partial charge in [0.1, 0.15) is 5.82 Å². The van der Waals surface area contributed by atoms with Crippen LogP contribution in [0.4, 0.5) is 14.9 Å². The fraction of sp³-hybridized carbons (Fsp3) is 0.435. The third kappa shape index (κ3) is 7.13. The second kappa shape index (κ2) is 12.5. The summed E-state index contributed by atoms with van der Waals surface area (Å²) in [7, 11) is -0.920. The number of rotatable bonds is 11. The number of nitrogens with zero attached hydrogens (tertiary/aromatic N) is 2. The minimum absolute atomic E-state index is 0.0167. The molecular weight excluding hydrogens is 485 g/mol. The number of nitrogens with one attached hydrogen (secondary N) is 1. The Hall–Kier alpha value is -2.24. The number of aliphatic hydroxyl groups is 1. The third-order valence-electron chi connectivity index (χ3n) is 5.54. The predicted molar refractivity (Wildman–Crippen MR) is 130 cm³/mol. The van der Waals surface area contributed by atoms with Crippen molar-refractivity contribution in [1.29, 1.82) is 0 Å². The van der Waals surface area contributed by atoms with Crippen LogP contribution in [0.1, 0.15) is 13.8 Å². The standard InChI is InChI=1S/C23H31ClFN3O5S/c1-16(13-28(17(2)15-29)23(30)26-21-11-6-5-10-20(21)25)22(33-4)14-27(3)34(31,32)19-9-7-8-18(24)12-19/h5-12,16-17,22,29H,13-15H2,1-4H3,(H,26,30)/t16-,17-,22+/m0/s1. The molecule has 0 aliphatic carbocycles. The number of para-hydroxylation sites is 1. The molecule has 8 nitrogen and oxygen atoms in total. The van der Waals surface area contributed by atoms with Gasteiger partial charge in [-0.2, -0.15) is 4.31 Å². The highest BCUT2D eigenvalue weighted by atomic mass is 35.5. The molecule has 34 heavy (non-hydrogen) atoms. The first kappa shape index (κ1) is 28.0. The Kier molecular flexibility index (Phi) is 10.3. The average Bonchev–Trinajstić information content (AvgIpc) is 2.81. The number of aliphatic hydroxyl groups excluding tert-OH is 1. The first-order valence-electron chi connectivity index (χ1n) is 10.7. The van der Waals surface area contributed by atoms with Gasteiger partial charge in [-0.1, -0.05) is 36.7 Å². The van der Waals surface area contributed by atoms with Gasteiger partial charge < -0.3 is 20.1 Å². The number of methoxy groups -OCH3 is 1. The van der Waals surface area contributed by atoms with Crippen molar-refractivity contribution in [3.8, 4) is 0 Å². The Bertz CT molecular complexity index is 1070. The number of hydrogen-bond donors (Lipinski definition) is 2. The number of carbonyl (C=O) groups excluding carboxylic acids is 1. The van der Waals surface area contributed by atoms with E-state index in [0.29, 0.717) is 5.02 Å². The number of amides is 2. The quantitative estimate of drug-likeness (QED) is 0.476. The number of benzene rings is 2. The van der Waals surface area contributed by atoms with Crippen LogP contribution in [0.3, 0.4) is 0 Å². The van der Waals surface area contributed by atoms with Crippen molar-refractivity contribution < 1.29 is 27.4 Å². The smallest absolute Gasteiger partial charge is 0.322 e. The van der Waals surface area contributed by atoms with Gasteiger partial charge in [0.2, 0.25) is 10.0 Å². The highest BCUT2D eigenvalue weighted by Crippen LogP contribution is 2.21. The molecule has 188 valence electrons. The number of carbonyl (C=O) groups is 1. The summed E-state index contributed by atoms with van der Waals surface area (Å²) < 4.78 is 46.6. The molecule has 11 heteroatoms. The SMILES string of the molecule is CO[C@H](CN(C)S(=O)(=O)c1cccc(Cl)c1)[C@@H](C)CN(C(=O)Nc1ccccc1F)[C@@H](C)CO. The van der Waals surface area contributed by atoms with E-state index in [1.807, 2.05) is 6.92 Å². The zero-order chi connectivity index (χ0) is 25.5. The third-order valence-corrected chi connectivity index (χ3v) is 7.59. The topological polar surface area (TPSA) is 99.2 Å². The van der Waals surface area contributed by atoms with Gasteiger partial charge in [-0.05, 0) is 37.3 Å². The molecule has 2 rings (SSSR count). The zero-order valence-corrected chi connectivity index (χ0v) is 21.2. The van der Waals surface area contributed by atoms with Crippen LogP contribution in [0.2, 0.25) is 5.02 Å². The summed E-state index contributed by atoms with van der Waals surface area (Å²) in [6.07, 6.45) is -0.575. The lowest BCUT2D eigenvalue weighted by Gasteiger charge is -2.34. The molecule has 0 bridgehead atoms. The van der Waals surface area contributed by atoms with Gasteiger partial charge in [0.05, 0.1) is 29.3 Å². The van der Waals surface area contributed by atoms with Crippen molar-refractivity contribution in [2.75, 3.05) is 39.2 Å². The van der Waals surface area contributed by atoms with Gasteiger partial charge in [0, 0.05) is 38.2 Å². The Morgan fingerprint density at radius 1 is 1.18 bits per heavy atom. The lowest BCUT2D eigenvalue weighted by molar-refractivity contribution is 0.0305. The molecule has 0 saturated heterocycles. The van der Waals surface area contributed by atoms with Crippen molar-refractivity contribution in [3.63, 3.8) is 0 Å². The van der Waals surface area contributed by atoms with Gasteiger partial charge in [-0.25, -0.2) is 17.6 Å². The van der Waals surface area contributed by atoms with Crippen LogP contribution in [0.15, 0.2) is 53.4 Å². The Morgan fingerprint density at radius 3 is 2.44 bits per heavy atom. The molecular formula is C23H31ClFN3O5S. The van der Waals surface area contributed by atoms with E-state index in [4.69, 9.17) is 16.3 Å². The number of hydrogen-bond acceptors (Lipinski definition) is 5. The molecule has 3 atom stereocenters. The summed E-state index contributed by atoms with van der Waals surface area (Å²) >= 11 is 5.94. The van der Waals surface area contributed by atoms with Gasteiger partial charge in [-0.15, -0.1) is 0 Å². The molecule has 0 radical (unpaired) electrons.